The zero-order chi connectivity index (χ0) is 24.1. The van der Waals surface area contributed by atoms with Gasteiger partial charge in [-0.25, -0.2) is 0 Å². The molecule has 0 radical (unpaired) electrons. The van der Waals surface area contributed by atoms with E-state index in [4.69, 9.17) is 21.1 Å². The lowest BCUT2D eigenvalue weighted by Crippen LogP contribution is -2.34. The van der Waals surface area contributed by atoms with E-state index >= 15 is 0 Å². The molecule has 0 aromatic heterocycles. The first-order chi connectivity index (χ1) is 16.5. The number of ether oxygens (including phenoxy) is 2. The van der Waals surface area contributed by atoms with Crippen LogP contribution in [0.15, 0.2) is 66.7 Å². The molecule has 1 aliphatic heterocycles. The van der Waals surface area contributed by atoms with Crippen molar-refractivity contribution in [1.29, 1.82) is 0 Å². The molecule has 7 heteroatoms. The molecule has 0 bridgehead atoms. The monoisotopic (exact) mass is 478 g/mol. The Morgan fingerprint density at radius 1 is 1.09 bits per heavy atom. The maximum absolute atomic E-state index is 13.3. The van der Waals surface area contributed by atoms with Gasteiger partial charge >= 0.3 is 0 Å². The number of hydrogen-bond donors (Lipinski definition) is 1. The predicted molar refractivity (Wildman–Crippen MR) is 131 cm³/mol. The van der Waals surface area contributed by atoms with Crippen molar-refractivity contribution in [3.05, 3.63) is 94.0 Å². The number of carbonyl (C=O) groups is 2. The summed E-state index contributed by atoms with van der Waals surface area (Å²) in [6.07, 6.45) is 0.116. The van der Waals surface area contributed by atoms with Gasteiger partial charge in [0, 0.05) is 23.7 Å². The summed E-state index contributed by atoms with van der Waals surface area (Å²) < 4.78 is 11.2. The number of nitrogens with one attached hydrogen (secondary N) is 1. The molecule has 0 saturated carbocycles. The van der Waals surface area contributed by atoms with Gasteiger partial charge in [0.1, 0.15) is 0 Å². The van der Waals surface area contributed by atoms with Crippen LogP contribution >= 0.6 is 11.6 Å². The summed E-state index contributed by atoms with van der Waals surface area (Å²) in [5.41, 5.74) is 3.38. The molecular weight excluding hydrogens is 452 g/mol. The predicted octanol–water partition coefficient (Wildman–Crippen LogP) is 5.15. The number of carbonyl (C=O) groups excluding carboxylic acids is 2. The van der Waals surface area contributed by atoms with Crippen LogP contribution in [0.25, 0.3) is 0 Å². The van der Waals surface area contributed by atoms with Gasteiger partial charge in [-0.2, -0.15) is 0 Å². The first-order valence-corrected chi connectivity index (χ1v) is 11.6. The van der Waals surface area contributed by atoms with E-state index in [1.54, 1.807) is 24.1 Å². The molecule has 3 aromatic carbocycles. The minimum Gasteiger partial charge on any atom is -0.493 e. The van der Waals surface area contributed by atoms with Crippen LogP contribution in [0.5, 0.6) is 11.5 Å². The van der Waals surface area contributed by atoms with Crippen LogP contribution in [0, 0.1) is 0 Å². The molecule has 1 N–H and O–H groups in total. The Balaban J connectivity index is 1.59. The van der Waals surface area contributed by atoms with Gasteiger partial charge in [0.15, 0.2) is 11.5 Å². The van der Waals surface area contributed by atoms with Crippen molar-refractivity contribution >= 4 is 23.4 Å². The van der Waals surface area contributed by atoms with E-state index in [1.165, 1.54) is 0 Å². The third kappa shape index (κ3) is 5.18. The molecule has 6 nitrogen and oxygen atoms in total. The second-order valence-electron chi connectivity index (χ2n) is 8.06. The first kappa shape index (κ1) is 23.6. The quantitative estimate of drug-likeness (QED) is 0.461. The topological polar surface area (TPSA) is 67.9 Å². The number of amides is 2. The highest BCUT2D eigenvalue weighted by atomic mass is 35.5. The lowest BCUT2D eigenvalue weighted by Gasteiger charge is -2.28. The van der Waals surface area contributed by atoms with E-state index in [0.717, 1.165) is 16.7 Å². The van der Waals surface area contributed by atoms with Crippen LogP contribution in [0.3, 0.4) is 0 Å². The Kier molecular flexibility index (Phi) is 7.38. The number of hydrogen-bond acceptors (Lipinski definition) is 4. The molecule has 176 valence electrons. The van der Waals surface area contributed by atoms with Gasteiger partial charge in [0.2, 0.25) is 5.91 Å². The summed E-state index contributed by atoms with van der Waals surface area (Å²) in [6, 6.07) is 20.0. The van der Waals surface area contributed by atoms with Gasteiger partial charge in [0.25, 0.3) is 5.91 Å². The summed E-state index contributed by atoms with van der Waals surface area (Å²) in [4.78, 5) is 28.0. The number of fused-ring (bicyclic) bond motifs is 1. The minimum absolute atomic E-state index is 0.0843. The molecule has 1 atom stereocenters. The van der Waals surface area contributed by atoms with Crippen LogP contribution in [0.2, 0.25) is 5.02 Å². The first-order valence-electron chi connectivity index (χ1n) is 11.2. The molecular formula is C27H27ClN2O4. The van der Waals surface area contributed by atoms with E-state index in [0.29, 0.717) is 41.8 Å². The molecule has 0 fully saturated rings. The second-order valence-corrected chi connectivity index (χ2v) is 8.49. The van der Waals surface area contributed by atoms with Gasteiger partial charge in [0.05, 0.1) is 26.2 Å². The van der Waals surface area contributed by atoms with Gasteiger partial charge in [-0.1, -0.05) is 48.0 Å². The maximum Gasteiger partial charge on any atom is 0.255 e. The Labute approximate surface area is 204 Å². The van der Waals surface area contributed by atoms with Gasteiger partial charge < -0.3 is 19.7 Å². The highest BCUT2D eigenvalue weighted by molar-refractivity contribution is 6.30. The van der Waals surface area contributed by atoms with Crippen molar-refractivity contribution in [2.75, 3.05) is 13.7 Å². The fourth-order valence-electron chi connectivity index (χ4n) is 4.15. The van der Waals surface area contributed by atoms with Crippen molar-refractivity contribution < 1.29 is 19.1 Å². The summed E-state index contributed by atoms with van der Waals surface area (Å²) in [6.45, 7) is 3.23. The Morgan fingerprint density at radius 2 is 1.85 bits per heavy atom. The lowest BCUT2D eigenvalue weighted by atomic mass is 10.0. The third-order valence-corrected chi connectivity index (χ3v) is 6.13. The van der Waals surface area contributed by atoms with Crippen molar-refractivity contribution in [2.45, 2.75) is 32.5 Å². The van der Waals surface area contributed by atoms with Crippen molar-refractivity contribution in [3.63, 3.8) is 0 Å². The van der Waals surface area contributed by atoms with Gasteiger partial charge in [-0.3, -0.25) is 9.59 Å². The Bertz CT molecular complexity index is 1180. The summed E-state index contributed by atoms with van der Waals surface area (Å²) in [5, 5.41) is 3.61. The van der Waals surface area contributed by atoms with E-state index < -0.39 is 6.04 Å². The van der Waals surface area contributed by atoms with E-state index in [9.17, 15) is 9.59 Å². The lowest BCUT2D eigenvalue weighted by molar-refractivity contribution is -0.122. The summed E-state index contributed by atoms with van der Waals surface area (Å²) in [7, 11) is 1.58. The van der Waals surface area contributed by atoms with Crippen LogP contribution in [0.4, 0.5) is 0 Å². The largest absolute Gasteiger partial charge is 0.493 e. The van der Waals surface area contributed by atoms with Crippen molar-refractivity contribution in [3.8, 4) is 11.5 Å². The van der Waals surface area contributed by atoms with Crippen LogP contribution in [-0.4, -0.2) is 30.4 Å². The van der Waals surface area contributed by atoms with Crippen LogP contribution in [0.1, 0.15) is 46.4 Å². The molecule has 1 heterocycles. The minimum atomic E-state index is -0.463. The number of nitrogens with zero attached hydrogens (tertiary/aromatic N) is 1. The molecule has 0 aliphatic carbocycles. The Hall–Kier alpha value is -3.51. The molecule has 0 saturated heterocycles. The molecule has 3 aromatic rings. The maximum atomic E-state index is 13.3. The van der Waals surface area contributed by atoms with Crippen molar-refractivity contribution in [2.24, 2.45) is 0 Å². The van der Waals surface area contributed by atoms with Gasteiger partial charge in [-0.15, -0.1) is 0 Å². The van der Waals surface area contributed by atoms with E-state index in [1.807, 2.05) is 61.5 Å². The fraction of sp³-hybridized carbons (Fsp3) is 0.259. The smallest absolute Gasteiger partial charge is 0.255 e. The molecule has 0 spiro atoms. The average molecular weight is 479 g/mol. The van der Waals surface area contributed by atoms with E-state index in [-0.39, 0.29) is 18.2 Å². The highest BCUT2D eigenvalue weighted by Gasteiger charge is 2.34. The number of rotatable bonds is 9. The third-order valence-electron chi connectivity index (χ3n) is 5.88. The summed E-state index contributed by atoms with van der Waals surface area (Å²) in [5.74, 6) is 0.946. The molecule has 1 unspecified atom stereocenters. The van der Waals surface area contributed by atoms with Crippen LogP contribution < -0.4 is 14.8 Å². The zero-order valence-corrected chi connectivity index (χ0v) is 20.0. The fourth-order valence-corrected chi connectivity index (χ4v) is 4.28. The normalized spacial score (nSPS) is 13.4. The molecule has 1 aliphatic rings. The van der Waals surface area contributed by atoms with E-state index in [2.05, 4.69) is 5.32 Å². The number of methoxy groups -OCH3 is 1. The second kappa shape index (κ2) is 10.6. The Morgan fingerprint density at radius 3 is 2.56 bits per heavy atom. The molecule has 4 rings (SSSR count). The number of halogens is 1. The average Bonchev–Trinajstić information content (AvgIpc) is 3.19. The highest BCUT2D eigenvalue weighted by Crippen LogP contribution is 2.37. The summed E-state index contributed by atoms with van der Waals surface area (Å²) >= 11 is 5.95. The SMILES string of the molecule is CCOc1ccc(C(CC(=O)NCc2ccc(Cl)cc2)N2Cc3ccccc3C2=O)cc1OC. The molecule has 2 amide bonds. The zero-order valence-electron chi connectivity index (χ0n) is 19.2. The standard InChI is InChI=1S/C27H27ClN2O4/c1-3-34-24-13-10-19(14-25(24)33-2)23(30-17-20-6-4-5-7-22(20)27(30)32)15-26(31)29-16-18-8-11-21(28)12-9-18/h4-14,23H,3,15-17H2,1-2H3,(H,29,31). The van der Waals surface area contributed by atoms with Crippen LogP contribution in [-0.2, 0) is 17.9 Å². The molecule has 34 heavy (non-hydrogen) atoms. The number of benzene rings is 3. The van der Waals surface area contributed by atoms with Gasteiger partial charge in [-0.05, 0) is 53.9 Å². The van der Waals surface area contributed by atoms with Crippen molar-refractivity contribution in [1.82, 2.24) is 10.2 Å².